The number of fused-ring (bicyclic) bond motifs is 1. The molecule has 0 aliphatic carbocycles. The first-order valence-corrected chi connectivity index (χ1v) is 4.49. The molecule has 0 saturated carbocycles. The second kappa shape index (κ2) is 2.77. The zero-order valence-corrected chi connectivity index (χ0v) is 7.62. The SMILES string of the molecule is CC(C)C1=NCCn2cccc21. The fraction of sp³-hybridized carbons (Fsp3) is 0.500. The van der Waals surface area contributed by atoms with Gasteiger partial charge in [-0.2, -0.15) is 0 Å². The molecule has 0 radical (unpaired) electrons. The van der Waals surface area contributed by atoms with Crippen LogP contribution < -0.4 is 0 Å². The molecule has 2 heteroatoms. The Morgan fingerprint density at radius 3 is 3.08 bits per heavy atom. The number of rotatable bonds is 1. The Hall–Kier alpha value is -1.05. The van der Waals surface area contributed by atoms with Crippen LogP contribution in [0.2, 0.25) is 0 Å². The van der Waals surface area contributed by atoms with Gasteiger partial charge >= 0.3 is 0 Å². The van der Waals surface area contributed by atoms with Crippen LogP contribution in [0.1, 0.15) is 19.5 Å². The number of aliphatic imine (C=N–C) groups is 1. The van der Waals surface area contributed by atoms with Gasteiger partial charge in [0, 0.05) is 12.7 Å². The highest BCUT2D eigenvalue weighted by atomic mass is 15.0. The highest BCUT2D eigenvalue weighted by Crippen LogP contribution is 2.14. The van der Waals surface area contributed by atoms with E-state index < -0.39 is 0 Å². The summed E-state index contributed by atoms with van der Waals surface area (Å²) in [6.45, 7) is 6.37. The quantitative estimate of drug-likeness (QED) is 0.600. The van der Waals surface area contributed by atoms with Gasteiger partial charge in [-0.25, -0.2) is 0 Å². The molecule has 0 amide bonds. The van der Waals surface area contributed by atoms with E-state index in [1.165, 1.54) is 11.4 Å². The van der Waals surface area contributed by atoms with E-state index in [1.54, 1.807) is 0 Å². The molecule has 2 rings (SSSR count). The second-order valence-electron chi connectivity index (χ2n) is 3.51. The van der Waals surface area contributed by atoms with Crippen LogP contribution in [-0.2, 0) is 6.54 Å². The van der Waals surface area contributed by atoms with Gasteiger partial charge in [0.15, 0.2) is 0 Å². The zero-order chi connectivity index (χ0) is 8.55. The van der Waals surface area contributed by atoms with Crippen molar-refractivity contribution in [3.8, 4) is 0 Å². The second-order valence-corrected chi connectivity index (χ2v) is 3.51. The van der Waals surface area contributed by atoms with Gasteiger partial charge in [-0.15, -0.1) is 0 Å². The highest BCUT2D eigenvalue weighted by Gasteiger charge is 2.15. The summed E-state index contributed by atoms with van der Waals surface area (Å²) in [7, 11) is 0. The van der Waals surface area contributed by atoms with Crippen LogP contribution in [-0.4, -0.2) is 16.8 Å². The average Bonchev–Trinajstić information content (AvgIpc) is 2.49. The number of hydrogen-bond donors (Lipinski definition) is 0. The van der Waals surface area contributed by atoms with Crippen molar-refractivity contribution in [3.05, 3.63) is 24.0 Å². The van der Waals surface area contributed by atoms with Crippen LogP contribution >= 0.6 is 0 Å². The first kappa shape index (κ1) is 7.59. The third-order valence-electron chi connectivity index (χ3n) is 2.26. The van der Waals surface area contributed by atoms with E-state index in [9.17, 15) is 0 Å². The van der Waals surface area contributed by atoms with Crippen molar-refractivity contribution in [1.29, 1.82) is 0 Å². The topological polar surface area (TPSA) is 17.3 Å². The molecule has 0 bridgehead atoms. The average molecular weight is 162 g/mol. The molecule has 1 aromatic rings. The summed E-state index contributed by atoms with van der Waals surface area (Å²) >= 11 is 0. The van der Waals surface area contributed by atoms with Crippen molar-refractivity contribution in [2.24, 2.45) is 10.9 Å². The lowest BCUT2D eigenvalue weighted by Crippen LogP contribution is -2.21. The van der Waals surface area contributed by atoms with Crippen molar-refractivity contribution in [2.45, 2.75) is 20.4 Å². The fourth-order valence-corrected chi connectivity index (χ4v) is 1.68. The Bertz CT molecular complexity index is 307. The molecule has 0 spiro atoms. The lowest BCUT2D eigenvalue weighted by molar-refractivity contribution is 0.673. The maximum atomic E-state index is 4.54. The summed E-state index contributed by atoms with van der Waals surface area (Å²) in [4.78, 5) is 4.54. The normalized spacial score (nSPS) is 16.1. The molecule has 0 saturated heterocycles. The van der Waals surface area contributed by atoms with E-state index in [2.05, 4.69) is 41.7 Å². The molecule has 12 heavy (non-hydrogen) atoms. The molecule has 2 nitrogen and oxygen atoms in total. The molecule has 1 aliphatic heterocycles. The first-order chi connectivity index (χ1) is 5.79. The minimum absolute atomic E-state index is 0.541. The van der Waals surface area contributed by atoms with Gasteiger partial charge in [0.05, 0.1) is 18.0 Å². The molecule has 0 aromatic carbocycles. The molecule has 1 aliphatic rings. The van der Waals surface area contributed by atoms with Crippen LogP contribution in [0.15, 0.2) is 23.3 Å². The molecule has 0 atom stereocenters. The molecule has 0 N–H and O–H groups in total. The summed E-state index contributed by atoms with van der Waals surface area (Å²) < 4.78 is 2.28. The Kier molecular flexibility index (Phi) is 1.75. The standard InChI is InChI=1S/C10H14N2/c1-8(2)10-9-4-3-6-12(9)7-5-11-10/h3-4,6,8H,5,7H2,1-2H3. The fourth-order valence-electron chi connectivity index (χ4n) is 1.68. The van der Waals surface area contributed by atoms with Crippen molar-refractivity contribution in [1.82, 2.24) is 4.57 Å². The Balaban J connectivity index is 2.43. The van der Waals surface area contributed by atoms with Gasteiger partial charge in [-0.05, 0) is 18.1 Å². The zero-order valence-electron chi connectivity index (χ0n) is 7.62. The third kappa shape index (κ3) is 1.07. The Morgan fingerprint density at radius 2 is 2.33 bits per heavy atom. The van der Waals surface area contributed by atoms with E-state index in [0.29, 0.717) is 5.92 Å². The van der Waals surface area contributed by atoms with Crippen LogP contribution in [0.5, 0.6) is 0 Å². The Labute approximate surface area is 72.9 Å². The summed E-state index contributed by atoms with van der Waals surface area (Å²) in [6, 6.07) is 4.25. The van der Waals surface area contributed by atoms with Crippen molar-refractivity contribution < 1.29 is 0 Å². The van der Waals surface area contributed by atoms with Gasteiger partial charge in [-0.1, -0.05) is 13.8 Å². The van der Waals surface area contributed by atoms with Crippen molar-refractivity contribution >= 4 is 5.71 Å². The largest absolute Gasteiger partial charge is 0.345 e. The van der Waals surface area contributed by atoms with Gasteiger partial charge in [0.1, 0.15) is 0 Å². The minimum atomic E-state index is 0.541. The molecule has 0 fully saturated rings. The summed E-state index contributed by atoms with van der Waals surface area (Å²) in [6.07, 6.45) is 2.13. The number of hydrogen-bond acceptors (Lipinski definition) is 1. The van der Waals surface area contributed by atoms with Crippen molar-refractivity contribution in [2.75, 3.05) is 6.54 Å². The molecule has 1 aromatic heterocycles. The molecular weight excluding hydrogens is 148 g/mol. The van der Waals surface area contributed by atoms with Crippen LogP contribution in [0.3, 0.4) is 0 Å². The maximum absolute atomic E-state index is 4.54. The summed E-state index contributed by atoms with van der Waals surface area (Å²) in [5.41, 5.74) is 2.56. The van der Waals surface area contributed by atoms with Crippen LogP contribution in [0.25, 0.3) is 0 Å². The highest BCUT2D eigenvalue weighted by molar-refractivity contribution is 6.01. The Morgan fingerprint density at radius 1 is 1.50 bits per heavy atom. The predicted molar refractivity (Wildman–Crippen MR) is 50.7 cm³/mol. The molecular formula is C10H14N2. The molecule has 0 unspecified atom stereocenters. The van der Waals surface area contributed by atoms with E-state index in [4.69, 9.17) is 0 Å². The van der Waals surface area contributed by atoms with E-state index in [0.717, 1.165) is 13.1 Å². The summed E-state index contributed by atoms with van der Waals surface area (Å²) in [5.74, 6) is 0.541. The van der Waals surface area contributed by atoms with E-state index in [-0.39, 0.29) is 0 Å². The van der Waals surface area contributed by atoms with Gasteiger partial charge in [0.2, 0.25) is 0 Å². The smallest absolute Gasteiger partial charge is 0.0624 e. The monoisotopic (exact) mass is 162 g/mol. The van der Waals surface area contributed by atoms with Crippen LogP contribution in [0, 0.1) is 5.92 Å². The van der Waals surface area contributed by atoms with Gasteiger partial charge < -0.3 is 4.57 Å². The first-order valence-electron chi connectivity index (χ1n) is 4.49. The molecule has 64 valence electrons. The van der Waals surface area contributed by atoms with Crippen LogP contribution in [0.4, 0.5) is 0 Å². The third-order valence-corrected chi connectivity index (χ3v) is 2.26. The summed E-state index contributed by atoms with van der Waals surface area (Å²) in [5, 5.41) is 0. The number of nitrogens with zero attached hydrogens (tertiary/aromatic N) is 2. The molecule has 2 heterocycles. The van der Waals surface area contributed by atoms with E-state index in [1.807, 2.05) is 0 Å². The maximum Gasteiger partial charge on any atom is 0.0624 e. The van der Waals surface area contributed by atoms with Crippen molar-refractivity contribution in [3.63, 3.8) is 0 Å². The lowest BCUT2D eigenvalue weighted by Gasteiger charge is -2.18. The van der Waals surface area contributed by atoms with E-state index >= 15 is 0 Å². The lowest BCUT2D eigenvalue weighted by atomic mass is 10.0. The minimum Gasteiger partial charge on any atom is -0.345 e. The van der Waals surface area contributed by atoms with Gasteiger partial charge in [0.25, 0.3) is 0 Å². The number of aromatic nitrogens is 1. The predicted octanol–water partition coefficient (Wildman–Crippen LogP) is 1.95. The van der Waals surface area contributed by atoms with Gasteiger partial charge in [-0.3, -0.25) is 4.99 Å².